The summed E-state index contributed by atoms with van der Waals surface area (Å²) in [6.07, 6.45) is 10.1. The summed E-state index contributed by atoms with van der Waals surface area (Å²) < 4.78 is 28.4. The van der Waals surface area contributed by atoms with E-state index in [4.69, 9.17) is 0 Å². The Morgan fingerprint density at radius 3 is 1.94 bits per heavy atom. The molecule has 0 radical (unpaired) electrons. The van der Waals surface area contributed by atoms with E-state index in [-0.39, 0.29) is 6.04 Å². The molecule has 1 saturated heterocycles. The molecule has 1 saturated carbocycles. The fourth-order valence-electron chi connectivity index (χ4n) is 3.09. The molecule has 1 aliphatic heterocycles. The van der Waals surface area contributed by atoms with Crippen LogP contribution >= 0.6 is 0 Å². The third-order valence-corrected chi connectivity index (χ3v) is 6.39. The van der Waals surface area contributed by atoms with Crippen molar-refractivity contribution in [3.05, 3.63) is 0 Å². The predicted octanol–water partition coefficient (Wildman–Crippen LogP) is 2.37. The van der Waals surface area contributed by atoms with Gasteiger partial charge in [0.2, 0.25) is 0 Å². The highest BCUT2D eigenvalue weighted by Crippen LogP contribution is 2.25. The Bertz CT molecular complexity index is 342. The van der Waals surface area contributed by atoms with E-state index in [9.17, 15) is 8.42 Å². The minimum atomic E-state index is -3.21. The lowest BCUT2D eigenvalue weighted by molar-refractivity contribution is 0.277. The molecule has 0 amide bonds. The van der Waals surface area contributed by atoms with Crippen LogP contribution in [0.2, 0.25) is 0 Å². The Labute approximate surface area is 112 Å². The maximum Gasteiger partial charge on any atom is 0.281 e. The van der Waals surface area contributed by atoms with Gasteiger partial charge in [-0.05, 0) is 25.7 Å². The van der Waals surface area contributed by atoms with Crippen LogP contribution in [0.15, 0.2) is 0 Å². The second kappa shape index (κ2) is 6.35. The summed E-state index contributed by atoms with van der Waals surface area (Å²) in [6, 6.07) is 0.222. The molecule has 0 atom stereocenters. The summed E-state index contributed by atoms with van der Waals surface area (Å²) in [7, 11) is -1.43. The molecular formula is C13H26N2O2S. The van der Waals surface area contributed by atoms with Crippen molar-refractivity contribution in [3.8, 4) is 0 Å². The molecule has 0 aromatic rings. The van der Waals surface area contributed by atoms with Crippen LogP contribution in [0.3, 0.4) is 0 Å². The van der Waals surface area contributed by atoms with E-state index in [1.807, 2.05) is 0 Å². The SMILES string of the molecule is CN(C1CCCCCC1)S(=O)(=O)N1CCCCC1. The molecule has 1 heterocycles. The fraction of sp³-hybridized carbons (Fsp3) is 1.00. The minimum absolute atomic E-state index is 0.222. The Morgan fingerprint density at radius 1 is 0.889 bits per heavy atom. The second-order valence-corrected chi connectivity index (χ2v) is 7.62. The molecule has 1 aliphatic carbocycles. The van der Waals surface area contributed by atoms with Crippen molar-refractivity contribution < 1.29 is 8.42 Å². The van der Waals surface area contributed by atoms with E-state index in [1.54, 1.807) is 15.7 Å². The summed E-state index contributed by atoms with van der Waals surface area (Å²) in [5.41, 5.74) is 0. The summed E-state index contributed by atoms with van der Waals surface area (Å²) >= 11 is 0. The first-order chi connectivity index (χ1) is 8.62. The van der Waals surface area contributed by atoms with Gasteiger partial charge in [-0.15, -0.1) is 0 Å². The summed E-state index contributed by atoms with van der Waals surface area (Å²) in [5, 5.41) is 0. The van der Waals surface area contributed by atoms with Crippen LogP contribution in [-0.4, -0.2) is 43.2 Å². The second-order valence-electron chi connectivity index (χ2n) is 5.63. The number of hydrogen-bond donors (Lipinski definition) is 0. The van der Waals surface area contributed by atoms with E-state index >= 15 is 0 Å². The van der Waals surface area contributed by atoms with Gasteiger partial charge in [0.1, 0.15) is 0 Å². The third kappa shape index (κ3) is 3.25. The quantitative estimate of drug-likeness (QED) is 0.741. The van der Waals surface area contributed by atoms with Crippen molar-refractivity contribution in [2.75, 3.05) is 20.1 Å². The van der Waals surface area contributed by atoms with Crippen molar-refractivity contribution in [1.82, 2.24) is 8.61 Å². The number of piperidine rings is 1. The molecule has 0 aromatic heterocycles. The molecule has 0 unspecified atom stereocenters. The molecule has 2 aliphatic rings. The minimum Gasteiger partial charge on any atom is -0.195 e. The molecule has 0 spiro atoms. The molecule has 2 fully saturated rings. The van der Waals surface area contributed by atoms with Crippen molar-refractivity contribution in [3.63, 3.8) is 0 Å². The standard InChI is InChI=1S/C13H26N2O2S/c1-14(13-9-5-2-3-6-10-13)18(16,17)15-11-7-4-8-12-15/h13H,2-12H2,1H3. The maximum absolute atomic E-state index is 12.5. The molecule has 0 N–H and O–H groups in total. The highest BCUT2D eigenvalue weighted by molar-refractivity contribution is 7.86. The molecular weight excluding hydrogens is 248 g/mol. The highest BCUT2D eigenvalue weighted by Gasteiger charge is 2.32. The lowest BCUT2D eigenvalue weighted by Gasteiger charge is -2.34. The third-order valence-electron chi connectivity index (χ3n) is 4.34. The lowest BCUT2D eigenvalue weighted by atomic mass is 10.1. The smallest absolute Gasteiger partial charge is 0.195 e. The summed E-state index contributed by atoms with van der Waals surface area (Å²) in [6.45, 7) is 1.42. The van der Waals surface area contributed by atoms with Gasteiger partial charge in [-0.1, -0.05) is 32.1 Å². The lowest BCUT2D eigenvalue weighted by Crippen LogP contribution is -2.48. The molecule has 5 heteroatoms. The number of hydrogen-bond acceptors (Lipinski definition) is 2. The average molecular weight is 274 g/mol. The fourth-order valence-corrected chi connectivity index (χ4v) is 4.76. The molecule has 18 heavy (non-hydrogen) atoms. The number of rotatable bonds is 3. The average Bonchev–Trinajstić information content (AvgIpc) is 2.67. The Morgan fingerprint density at radius 2 is 1.39 bits per heavy atom. The van der Waals surface area contributed by atoms with Crippen LogP contribution in [0.4, 0.5) is 0 Å². The van der Waals surface area contributed by atoms with Crippen LogP contribution in [0.25, 0.3) is 0 Å². The van der Waals surface area contributed by atoms with Gasteiger partial charge in [0.15, 0.2) is 0 Å². The van der Waals surface area contributed by atoms with Gasteiger partial charge < -0.3 is 0 Å². The highest BCUT2D eigenvalue weighted by atomic mass is 32.2. The zero-order valence-corrected chi connectivity index (χ0v) is 12.3. The molecule has 106 valence electrons. The van der Waals surface area contributed by atoms with Crippen LogP contribution in [0, 0.1) is 0 Å². The predicted molar refractivity (Wildman–Crippen MR) is 73.6 cm³/mol. The van der Waals surface area contributed by atoms with Gasteiger partial charge in [-0.2, -0.15) is 17.0 Å². The Hall–Kier alpha value is -0.130. The topological polar surface area (TPSA) is 40.6 Å². The maximum atomic E-state index is 12.5. The number of nitrogens with zero attached hydrogens (tertiary/aromatic N) is 2. The van der Waals surface area contributed by atoms with Gasteiger partial charge in [0, 0.05) is 26.2 Å². The summed E-state index contributed by atoms with van der Waals surface area (Å²) in [4.78, 5) is 0. The molecule has 0 aromatic carbocycles. The van der Waals surface area contributed by atoms with Crippen LogP contribution in [0.1, 0.15) is 57.8 Å². The first kappa shape index (κ1) is 14.3. The zero-order chi connectivity index (χ0) is 13.0. The van der Waals surface area contributed by atoms with Crippen molar-refractivity contribution in [2.24, 2.45) is 0 Å². The van der Waals surface area contributed by atoms with E-state index in [1.165, 1.54) is 32.1 Å². The van der Waals surface area contributed by atoms with Crippen LogP contribution < -0.4 is 0 Å². The van der Waals surface area contributed by atoms with Crippen molar-refractivity contribution >= 4 is 10.2 Å². The van der Waals surface area contributed by atoms with Gasteiger partial charge in [-0.25, -0.2) is 0 Å². The first-order valence-electron chi connectivity index (χ1n) is 7.35. The van der Waals surface area contributed by atoms with E-state index in [0.717, 1.165) is 25.7 Å². The summed E-state index contributed by atoms with van der Waals surface area (Å²) in [5.74, 6) is 0. The monoisotopic (exact) mass is 274 g/mol. The van der Waals surface area contributed by atoms with Gasteiger partial charge in [-0.3, -0.25) is 0 Å². The van der Waals surface area contributed by atoms with Crippen molar-refractivity contribution in [2.45, 2.75) is 63.8 Å². The van der Waals surface area contributed by atoms with Crippen molar-refractivity contribution in [1.29, 1.82) is 0 Å². The Kier molecular flexibility index (Phi) is 5.04. The largest absolute Gasteiger partial charge is 0.281 e. The van der Waals surface area contributed by atoms with E-state index < -0.39 is 10.2 Å². The molecule has 2 rings (SSSR count). The zero-order valence-electron chi connectivity index (χ0n) is 11.5. The molecule has 0 bridgehead atoms. The first-order valence-corrected chi connectivity index (χ1v) is 8.75. The van der Waals surface area contributed by atoms with Gasteiger partial charge in [0.05, 0.1) is 0 Å². The van der Waals surface area contributed by atoms with Gasteiger partial charge >= 0.3 is 0 Å². The Balaban J connectivity index is 2.02. The van der Waals surface area contributed by atoms with Crippen LogP contribution in [-0.2, 0) is 10.2 Å². The van der Waals surface area contributed by atoms with Crippen LogP contribution in [0.5, 0.6) is 0 Å². The molecule has 4 nitrogen and oxygen atoms in total. The van der Waals surface area contributed by atoms with Gasteiger partial charge in [0.25, 0.3) is 10.2 Å². The van der Waals surface area contributed by atoms with E-state index in [0.29, 0.717) is 13.1 Å². The normalized spacial score (nSPS) is 25.2. The van der Waals surface area contributed by atoms with E-state index in [2.05, 4.69) is 0 Å².